The molecule has 0 spiro atoms. The maximum atomic E-state index is 13.7. The number of amides is 1. The third-order valence-electron chi connectivity index (χ3n) is 9.07. The number of aromatic nitrogens is 1. The van der Waals surface area contributed by atoms with Gasteiger partial charge in [-0.3, -0.25) is 14.5 Å². The molecule has 5 fully saturated rings. The maximum Gasteiger partial charge on any atom is 0.228 e. The van der Waals surface area contributed by atoms with Gasteiger partial charge in [0.15, 0.2) is 5.78 Å². The summed E-state index contributed by atoms with van der Waals surface area (Å²) in [5.41, 5.74) is 1.67. The van der Waals surface area contributed by atoms with Gasteiger partial charge in [-0.1, -0.05) is 18.2 Å². The van der Waals surface area contributed by atoms with Crippen molar-refractivity contribution in [3.8, 4) is 6.07 Å². The van der Waals surface area contributed by atoms with Crippen molar-refractivity contribution in [3.05, 3.63) is 36.0 Å². The van der Waals surface area contributed by atoms with Gasteiger partial charge in [0, 0.05) is 55.4 Å². The summed E-state index contributed by atoms with van der Waals surface area (Å²) in [6, 6.07) is 10.1. The van der Waals surface area contributed by atoms with Crippen LogP contribution in [0.2, 0.25) is 0 Å². The molecule has 4 bridgehead atoms. The number of piperazine rings is 1. The summed E-state index contributed by atoms with van der Waals surface area (Å²) < 4.78 is 2.02. The van der Waals surface area contributed by atoms with Crippen LogP contribution in [0.4, 0.5) is 0 Å². The summed E-state index contributed by atoms with van der Waals surface area (Å²) >= 11 is 0. The molecule has 0 N–H and O–H groups in total. The number of aryl methyl sites for hydroxylation is 1. The smallest absolute Gasteiger partial charge is 0.228 e. The van der Waals surface area contributed by atoms with Gasteiger partial charge in [-0.2, -0.15) is 5.26 Å². The van der Waals surface area contributed by atoms with Crippen LogP contribution in [0.15, 0.2) is 30.5 Å². The second kappa shape index (κ2) is 8.53. The highest BCUT2D eigenvalue weighted by Gasteiger charge is 2.55. The molecule has 7 rings (SSSR count). The van der Waals surface area contributed by atoms with Crippen molar-refractivity contribution in [3.63, 3.8) is 0 Å². The number of hydrogen-bond acceptors (Lipinski definition) is 4. The Kier molecular flexibility index (Phi) is 5.49. The van der Waals surface area contributed by atoms with Gasteiger partial charge in [0.05, 0.1) is 24.4 Å². The van der Waals surface area contributed by atoms with Crippen molar-refractivity contribution in [2.75, 3.05) is 32.7 Å². The quantitative estimate of drug-likeness (QED) is 0.611. The van der Waals surface area contributed by atoms with E-state index in [-0.39, 0.29) is 11.2 Å². The molecule has 1 aromatic heterocycles. The Morgan fingerprint density at radius 2 is 1.62 bits per heavy atom. The number of hydrogen-bond donors (Lipinski definition) is 0. The monoisotopic (exact) mass is 458 g/mol. The van der Waals surface area contributed by atoms with Crippen molar-refractivity contribution in [2.45, 2.75) is 51.5 Å². The molecule has 0 atom stereocenters. The first-order chi connectivity index (χ1) is 16.5. The molecule has 0 radical (unpaired) electrons. The normalized spacial score (nSPS) is 30.6. The van der Waals surface area contributed by atoms with Crippen LogP contribution >= 0.6 is 0 Å². The number of fused-ring (bicyclic) bond motifs is 1. The molecule has 1 aliphatic heterocycles. The standard InChI is InChI=1S/C28H34N4O2/c29-6-3-7-32-18-24(23-4-1-2-5-25(23)32)26(33)19-30-8-10-31(11-9-30)27(34)28-15-20-12-21(16-28)14-22(13-20)17-28/h1-2,4-5,18,20-22H,3,7-17,19H2. The van der Waals surface area contributed by atoms with E-state index in [9.17, 15) is 9.59 Å². The van der Waals surface area contributed by atoms with Crippen LogP contribution in [-0.4, -0.2) is 58.8 Å². The second-order valence-corrected chi connectivity index (χ2v) is 11.4. The molecule has 4 aliphatic carbocycles. The van der Waals surface area contributed by atoms with Gasteiger partial charge in [-0.05, 0) is 62.3 Å². The number of para-hydroxylation sites is 1. The number of benzene rings is 1. The van der Waals surface area contributed by atoms with E-state index in [0.29, 0.717) is 25.4 Å². The molecule has 0 unspecified atom stereocenters. The Balaban J connectivity index is 1.10. The molecule has 5 aliphatic rings. The number of carbonyl (C=O) groups excluding carboxylic acids is 2. The lowest BCUT2D eigenvalue weighted by atomic mass is 9.49. The number of nitrogens with zero attached hydrogens (tertiary/aromatic N) is 4. The lowest BCUT2D eigenvalue weighted by Gasteiger charge is -2.57. The van der Waals surface area contributed by atoms with Crippen molar-refractivity contribution in [1.29, 1.82) is 5.26 Å². The molecule has 178 valence electrons. The van der Waals surface area contributed by atoms with E-state index >= 15 is 0 Å². The van der Waals surface area contributed by atoms with Crippen LogP contribution in [0.3, 0.4) is 0 Å². The molecule has 6 nitrogen and oxygen atoms in total. The average molecular weight is 459 g/mol. The zero-order valence-corrected chi connectivity index (χ0v) is 19.9. The predicted octanol–water partition coefficient (Wildman–Crippen LogP) is 4.10. The molecule has 1 amide bonds. The van der Waals surface area contributed by atoms with Gasteiger partial charge in [0.2, 0.25) is 5.91 Å². The van der Waals surface area contributed by atoms with E-state index in [0.717, 1.165) is 79.7 Å². The highest BCUT2D eigenvalue weighted by molar-refractivity contribution is 6.09. The lowest BCUT2D eigenvalue weighted by molar-refractivity contribution is -0.159. The molecule has 2 aromatic rings. The van der Waals surface area contributed by atoms with Gasteiger partial charge in [-0.15, -0.1) is 0 Å². The van der Waals surface area contributed by atoms with Crippen LogP contribution < -0.4 is 0 Å². The van der Waals surface area contributed by atoms with E-state index in [1.807, 2.05) is 35.0 Å². The Morgan fingerprint density at radius 1 is 0.971 bits per heavy atom. The summed E-state index contributed by atoms with van der Waals surface area (Å²) in [5.74, 6) is 2.88. The summed E-state index contributed by atoms with van der Waals surface area (Å²) in [4.78, 5) is 31.2. The molecule has 6 heteroatoms. The zero-order valence-electron chi connectivity index (χ0n) is 19.9. The first kappa shape index (κ1) is 21.9. The van der Waals surface area contributed by atoms with E-state index in [4.69, 9.17) is 5.26 Å². The van der Waals surface area contributed by atoms with Crippen LogP contribution in [0.5, 0.6) is 0 Å². The third-order valence-corrected chi connectivity index (χ3v) is 9.07. The summed E-state index contributed by atoms with van der Waals surface area (Å²) in [5, 5.41) is 9.93. The first-order valence-corrected chi connectivity index (χ1v) is 13.0. The van der Waals surface area contributed by atoms with E-state index < -0.39 is 0 Å². The number of ketones is 1. The van der Waals surface area contributed by atoms with Gasteiger partial charge in [0.25, 0.3) is 0 Å². The predicted molar refractivity (Wildman–Crippen MR) is 130 cm³/mol. The number of carbonyl (C=O) groups is 2. The molecule has 34 heavy (non-hydrogen) atoms. The van der Waals surface area contributed by atoms with Crippen LogP contribution in [0, 0.1) is 34.5 Å². The highest BCUT2D eigenvalue weighted by atomic mass is 16.2. The summed E-state index contributed by atoms with van der Waals surface area (Å²) in [6.45, 7) is 3.96. The van der Waals surface area contributed by atoms with Gasteiger partial charge >= 0.3 is 0 Å². The van der Waals surface area contributed by atoms with Gasteiger partial charge in [-0.25, -0.2) is 0 Å². The molecule has 1 aromatic carbocycles. The van der Waals surface area contributed by atoms with Gasteiger partial charge < -0.3 is 9.47 Å². The number of Topliss-reactive ketones (excluding diaryl/α,β-unsaturated/α-hetero) is 1. The summed E-state index contributed by atoms with van der Waals surface area (Å²) in [7, 11) is 0. The fourth-order valence-corrected chi connectivity index (χ4v) is 7.93. The molecule has 1 saturated heterocycles. The van der Waals surface area contributed by atoms with Crippen molar-refractivity contribution in [2.24, 2.45) is 23.2 Å². The van der Waals surface area contributed by atoms with Crippen molar-refractivity contribution in [1.82, 2.24) is 14.4 Å². The third kappa shape index (κ3) is 3.75. The molecular weight excluding hydrogens is 424 g/mol. The van der Waals surface area contributed by atoms with E-state index in [2.05, 4.69) is 15.9 Å². The van der Waals surface area contributed by atoms with Gasteiger partial charge in [0.1, 0.15) is 0 Å². The zero-order chi connectivity index (χ0) is 23.3. The Hall–Kier alpha value is -2.65. The molecular formula is C28H34N4O2. The minimum Gasteiger partial charge on any atom is -0.346 e. The largest absolute Gasteiger partial charge is 0.346 e. The van der Waals surface area contributed by atoms with Crippen LogP contribution in [-0.2, 0) is 11.3 Å². The minimum absolute atomic E-state index is 0.0714. The first-order valence-electron chi connectivity index (χ1n) is 13.0. The Bertz CT molecular complexity index is 1120. The highest BCUT2D eigenvalue weighted by Crippen LogP contribution is 2.60. The summed E-state index contributed by atoms with van der Waals surface area (Å²) in [6.07, 6.45) is 9.76. The average Bonchev–Trinajstić information content (AvgIpc) is 3.21. The van der Waals surface area contributed by atoms with E-state index in [1.54, 1.807) is 0 Å². The fourth-order valence-electron chi connectivity index (χ4n) is 7.93. The Labute approximate surface area is 201 Å². The molecule has 4 saturated carbocycles. The van der Waals surface area contributed by atoms with Crippen molar-refractivity contribution < 1.29 is 9.59 Å². The lowest BCUT2D eigenvalue weighted by Crippen LogP contribution is -2.58. The minimum atomic E-state index is -0.0714. The SMILES string of the molecule is N#CCCn1cc(C(=O)CN2CCN(C(=O)C34CC5CC(CC(C5)C3)C4)CC2)c2ccccc21. The number of rotatable bonds is 6. The Morgan fingerprint density at radius 3 is 2.26 bits per heavy atom. The number of nitriles is 1. The van der Waals surface area contributed by atoms with E-state index in [1.165, 1.54) is 19.3 Å². The topological polar surface area (TPSA) is 69.3 Å². The molecule has 2 heterocycles. The van der Waals surface area contributed by atoms with Crippen LogP contribution in [0.1, 0.15) is 55.3 Å². The van der Waals surface area contributed by atoms with Crippen molar-refractivity contribution >= 4 is 22.6 Å². The maximum absolute atomic E-state index is 13.7. The fraction of sp³-hybridized carbons (Fsp3) is 0.607. The second-order valence-electron chi connectivity index (χ2n) is 11.4. The van der Waals surface area contributed by atoms with Crippen LogP contribution in [0.25, 0.3) is 10.9 Å².